The van der Waals surface area contributed by atoms with E-state index in [1.165, 1.54) is 38.5 Å². The molecule has 4 aromatic heterocycles. The normalized spacial score (nSPS) is 15.1. The number of rotatable bonds is 8. The SMILES string of the molecule is C1=NCc2cc(-c3cn4cccc4c(Nc4ccc([NH+]5CCOCC5)cc4)n3)ccc21.C1=NCc2cc(-c3cn4ccnc4c(Nc4ccc(N5CCOCC5)cc4)n3)ccc21.CS(=O)(=O)O.CS(=O)(=O)[O-]. The summed E-state index contributed by atoms with van der Waals surface area (Å²) in [6, 6.07) is 34.1. The highest BCUT2D eigenvalue weighted by Gasteiger charge is 2.18. The van der Waals surface area contributed by atoms with Gasteiger partial charge in [0.05, 0.1) is 72.8 Å². The van der Waals surface area contributed by atoms with Gasteiger partial charge in [-0.05, 0) is 82.9 Å². The molecule has 4 aliphatic rings. The molecule has 21 heteroatoms. The number of hydrogen-bond donors (Lipinski definition) is 4. The first-order valence-electron chi connectivity index (χ1n) is 23.1. The topological polar surface area (TPSA) is 234 Å². The Bertz CT molecular complexity index is 3230. The molecule has 0 radical (unpaired) electrons. The Hall–Kier alpha value is -7.37. The standard InChI is InChI=1S/C25H23N5O.C24H22N6O.2CH4O3S/c1-2-24-25(27-21-5-7-22(8-6-21)29-10-12-31-13-11-29)28-23(17-30(24)9-1)18-3-4-19-15-26-16-20(19)14-18;1-2-18-14-25-15-19(18)13-17(1)22-16-30-8-7-26-24(30)23(28-22)27-20-3-5-21(6-4-20)29-9-11-31-12-10-29;2*1-5(2,3)4/h1-9,14-15,17H,10-13,16H2,(H,27,28);1-8,13-14,16H,9-12,15H2,(H,27,28);2*1H3,(H,2,3,4). The second-order valence-corrected chi connectivity index (χ2v) is 20.2. The number of quaternary nitrogens is 1. The first-order chi connectivity index (χ1) is 34.7. The molecule has 0 aliphatic carbocycles. The Kier molecular flexibility index (Phi) is 15.1. The summed E-state index contributed by atoms with van der Waals surface area (Å²) in [6.07, 6.45) is 15.1. The Morgan fingerprint density at radius 3 is 1.79 bits per heavy atom. The number of aromatic nitrogens is 5. The Morgan fingerprint density at radius 1 is 0.667 bits per heavy atom. The first kappa shape index (κ1) is 49.6. The maximum Gasteiger partial charge on any atom is 0.261 e. The van der Waals surface area contributed by atoms with Crippen molar-refractivity contribution in [2.75, 3.05) is 80.7 Å². The highest BCUT2D eigenvalue weighted by Crippen LogP contribution is 2.30. The number of anilines is 5. The molecule has 2 saturated heterocycles. The lowest BCUT2D eigenvalue weighted by atomic mass is 10.0. The summed E-state index contributed by atoms with van der Waals surface area (Å²) in [4.78, 5) is 26.9. The maximum atomic E-state index is 9.19. The summed E-state index contributed by atoms with van der Waals surface area (Å²) in [7, 11) is -7.58. The molecule has 8 heterocycles. The van der Waals surface area contributed by atoms with E-state index >= 15 is 0 Å². The van der Waals surface area contributed by atoms with Crippen molar-refractivity contribution in [3.63, 3.8) is 0 Å². The van der Waals surface area contributed by atoms with Crippen LogP contribution in [0.15, 0.2) is 138 Å². The van der Waals surface area contributed by atoms with E-state index in [0.29, 0.717) is 12.5 Å². The number of nitrogens with zero attached hydrogens (tertiary/aromatic N) is 8. The maximum absolute atomic E-state index is 9.19. The van der Waals surface area contributed by atoms with E-state index in [9.17, 15) is 8.42 Å². The molecule has 0 unspecified atom stereocenters. The molecule has 0 atom stereocenters. The van der Waals surface area contributed by atoms with E-state index in [1.54, 1.807) is 6.20 Å². The zero-order valence-electron chi connectivity index (χ0n) is 39.5. The van der Waals surface area contributed by atoms with Gasteiger partial charge in [0.2, 0.25) is 0 Å². The number of nitrogens with one attached hydrogen (secondary N) is 3. The van der Waals surface area contributed by atoms with E-state index in [-0.39, 0.29) is 0 Å². The molecule has 4 aromatic carbocycles. The molecular weight excluding hydrogens is 959 g/mol. The predicted octanol–water partition coefficient (Wildman–Crippen LogP) is 5.80. The first-order valence-corrected chi connectivity index (χ1v) is 26.7. The van der Waals surface area contributed by atoms with E-state index in [0.717, 1.165) is 122 Å². The molecule has 4 N–H and O–H groups in total. The van der Waals surface area contributed by atoms with Crippen LogP contribution in [0.2, 0.25) is 0 Å². The van der Waals surface area contributed by atoms with Crippen LogP contribution in [0.5, 0.6) is 0 Å². The molecule has 12 rings (SSSR count). The van der Waals surface area contributed by atoms with Gasteiger partial charge in [-0.15, -0.1) is 0 Å². The summed E-state index contributed by atoms with van der Waals surface area (Å²) in [5.41, 5.74) is 15.3. The fourth-order valence-corrected chi connectivity index (χ4v) is 8.52. The van der Waals surface area contributed by atoms with Crippen molar-refractivity contribution in [1.82, 2.24) is 23.8 Å². The summed E-state index contributed by atoms with van der Waals surface area (Å²) >= 11 is 0. The van der Waals surface area contributed by atoms with Crippen molar-refractivity contribution in [3.05, 3.63) is 150 Å². The quantitative estimate of drug-likeness (QED) is 0.132. The van der Waals surface area contributed by atoms with Crippen LogP contribution in [-0.4, -0.2) is 127 Å². The van der Waals surface area contributed by atoms with Gasteiger partial charge >= 0.3 is 0 Å². The molecule has 4 aliphatic heterocycles. The average molecular weight is 1010 g/mol. The van der Waals surface area contributed by atoms with Crippen molar-refractivity contribution in [1.29, 1.82) is 0 Å². The lowest BCUT2D eigenvalue weighted by Crippen LogP contribution is -3.09. The predicted molar refractivity (Wildman–Crippen MR) is 278 cm³/mol. The zero-order valence-corrected chi connectivity index (χ0v) is 41.2. The Balaban J connectivity index is 0.000000150. The van der Waals surface area contributed by atoms with Gasteiger partial charge in [0.15, 0.2) is 17.3 Å². The van der Waals surface area contributed by atoms with Gasteiger partial charge in [0.1, 0.15) is 18.8 Å². The molecule has 0 amide bonds. The minimum absolute atomic E-state index is 0.604. The molecule has 8 aromatic rings. The minimum Gasteiger partial charge on any atom is -0.748 e. The molecule has 0 saturated carbocycles. The second kappa shape index (κ2) is 22.0. The van der Waals surface area contributed by atoms with Gasteiger partial charge in [0, 0.05) is 103 Å². The summed E-state index contributed by atoms with van der Waals surface area (Å²) < 4.78 is 68.2. The van der Waals surface area contributed by atoms with E-state index < -0.39 is 20.2 Å². The molecule has 19 nitrogen and oxygen atoms in total. The Labute approximate surface area is 417 Å². The summed E-state index contributed by atoms with van der Waals surface area (Å²) in [5, 5.41) is 7.00. The van der Waals surface area contributed by atoms with Crippen LogP contribution in [0.1, 0.15) is 22.3 Å². The largest absolute Gasteiger partial charge is 0.748 e. The molecule has 2 fully saturated rings. The second-order valence-electron chi connectivity index (χ2n) is 17.3. The number of fused-ring (bicyclic) bond motifs is 4. The monoisotopic (exact) mass is 1010 g/mol. The number of morpholine rings is 2. The number of imidazole rings is 1. The van der Waals surface area contributed by atoms with Crippen LogP contribution in [-0.2, 0) is 42.8 Å². The van der Waals surface area contributed by atoms with Crippen LogP contribution in [0.3, 0.4) is 0 Å². The molecular formula is C51H53N11O8S2. The van der Waals surface area contributed by atoms with Crippen LogP contribution in [0, 0.1) is 0 Å². The fraction of sp³-hybridized carbons (Fsp3) is 0.235. The third kappa shape index (κ3) is 13.1. The van der Waals surface area contributed by atoms with Crippen LogP contribution in [0.4, 0.5) is 34.4 Å². The van der Waals surface area contributed by atoms with Gasteiger partial charge in [-0.25, -0.2) is 23.4 Å². The number of hydrogen-bond acceptors (Lipinski definition) is 15. The third-order valence-corrected chi connectivity index (χ3v) is 11.9. The van der Waals surface area contributed by atoms with Crippen molar-refractivity contribution >= 4 is 78.2 Å². The Morgan fingerprint density at radius 2 is 1.19 bits per heavy atom. The van der Waals surface area contributed by atoms with Crippen LogP contribution >= 0.6 is 0 Å². The smallest absolute Gasteiger partial charge is 0.261 e. The van der Waals surface area contributed by atoms with Gasteiger partial charge in [0.25, 0.3) is 10.1 Å². The van der Waals surface area contributed by atoms with Crippen molar-refractivity contribution in [2.24, 2.45) is 9.98 Å². The van der Waals surface area contributed by atoms with Gasteiger partial charge in [-0.1, -0.05) is 24.3 Å². The number of aliphatic imine (C=N–C) groups is 2. The molecule has 0 bridgehead atoms. The van der Waals surface area contributed by atoms with Gasteiger partial charge in [-0.3, -0.25) is 19.4 Å². The number of benzene rings is 4. The molecule has 372 valence electrons. The zero-order chi connectivity index (χ0) is 50.2. The summed E-state index contributed by atoms with van der Waals surface area (Å²) in [5.74, 6) is 1.59. The molecule has 72 heavy (non-hydrogen) atoms. The average Bonchev–Trinajstić information content (AvgIpc) is 4.22. The van der Waals surface area contributed by atoms with Crippen molar-refractivity contribution in [3.8, 4) is 22.5 Å². The fourth-order valence-electron chi connectivity index (χ4n) is 8.52. The highest BCUT2D eigenvalue weighted by atomic mass is 32.2. The van der Waals surface area contributed by atoms with Crippen molar-refractivity contribution in [2.45, 2.75) is 13.1 Å². The van der Waals surface area contributed by atoms with Gasteiger partial charge in [-0.2, -0.15) is 8.42 Å². The van der Waals surface area contributed by atoms with Crippen LogP contribution in [0.25, 0.3) is 33.7 Å². The third-order valence-electron chi connectivity index (χ3n) is 11.9. The van der Waals surface area contributed by atoms with E-state index in [2.05, 4.69) is 138 Å². The molecule has 0 spiro atoms. The highest BCUT2D eigenvalue weighted by molar-refractivity contribution is 7.85. The lowest BCUT2D eigenvalue weighted by molar-refractivity contribution is -0.842. The summed E-state index contributed by atoms with van der Waals surface area (Å²) in [6.45, 7) is 8.59. The van der Waals surface area contributed by atoms with Crippen LogP contribution < -0.4 is 20.4 Å². The van der Waals surface area contributed by atoms with E-state index in [4.69, 9.17) is 37.0 Å². The minimum atomic E-state index is -3.92. The number of ether oxygens (including phenoxy) is 2. The van der Waals surface area contributed by atoms with Crippen molar-refractivity contribution < 1.29 is 40.3 Å². The lowest BCUT2D eigenvalue weighted by Gasteiger charge is -2.28. The van der Waals surface area contributed by atoms with Gasteiger partial charge < -0.3 is 38.4 Å². The van der Waals surface area contributed by atoms with E-state index in [1.807, 2.05) is 35.3 Å².